The van der Waals surface area contributed by atoms with E-state index in [9.17, 15) is 18.4 Å². The average Bonchev–Trinajstić information content (AvgIpc) is 3.21. The van der Waals surface area contributed by atoms with Crippen LogP contribution in [0.5, 0.6) is 0 Å². The number of halogens is 2. The molecule has 0 aromatic heterocycles. The molecule has 7 heteroatoms. The fourth-order valence-corrected chi connectivity index (χ4v) is 2.74. The number of benzene rings is 1. The molecule has 1 saturated carbocycles. The molecule has 1 amide bonds. The lowest BCUT2D eigenvalue weighted by atomic mass is 10.1. The smallest absolute Gasteiger partial charge is 0.313 e. The Morgan fingerprint density at radius 1 is 1.38 bits per heavy atom. The van der Waals surface area contributed by atoms with Crippen LogP contribution in [0.2, 0.25) is 0 Å². The molecule has 21 heavy (non-hydrogen) atoms. The van der Waals surface area contributed by atoms with Crippen molar-refractivity contribution in [1.29, 1.82) is 0 Å². The van der Waals surface area contributed by atoms with Crippen LogP contribution in [0.1, 0.15) is 17.9 Å². The van der Waals surface area contributed by atoms with Crippen LogP contribution in [-0.4, -0.2) is 35.0 Å². The zero-order valence-corrected chi connectivity index (χ0v) is 12.0. The van der Waals surface area contributed by atoms with Crippen LogP contribution in [0.25, 0.3) is 0 Å². The first-order valence-electron chi connectivity index (χ1n) is 6.52. The molecule has 114 valence electrons. The topological polar surface area (TPSA) is 66.4 Å². The molecule has 0 spiro atoms. The maximum Gasteiger partial charge on any atom is 0.313 e. The van der Waals surface area contributed by atoms with E-state index >= 15 is 0 Å². The molecule has 4 nitrogen and oxygen atoms in total. The Bertz CT molecular complexity index is 553. The van der Waals surface area contributed by atoms with Crippen molar-refractivity contribution >= 4 is 23.6 Å². The largest absolute Gasteiger partial charge is 0.481 e. The second-order valence-corrected chi connectivity index (χ2v) is 5.93. The van der Waals surface area contributed by atoms with Gasteiger partial charge in [-0.15, -0.1) is 11.8 Å². The highest BCUT2D eigenvalue weighted by molar-refractivity contribution is 7.99. The first kappa shape index (κ1) is 15.8. The summed E-state index contributed by atoms with van der Waals surface area (Å²) >= 11 is 1.21. The minimum Gasteiger partial charge on any atom is -0.481 e. The van der Waals surface area contributed by atoms with Crippen LogP contribution in [0.4, 0.5) is 8.78 Å². The highest BCUT2D eigenvalue weighted by Gasteiger charge is 2.45. The number of carboxylic acid groups (broad SMARTS) is 1. The molecule has 0 bridgehead atoms. The molecular formula is C14H15F2NO3S. The number of aliphatic carboxylic acids is 1. The van der Waals surface area contributed by atoms with Gasteiger partial charge >= 0.3 is 5.97 Å². The summed E-state index contributed by atoms with van der Waals surface area (Å²) in [4.78, 5) is 22.1. The fraction of sp³-hybridized carbons (Fsp3) is 0.429. The molecule has 2 N–H and O–H groups in total. The molecule has 0 saturated heterocycles. The zero-order valence-electron chi connectivity index (χ0n) is 11.1. The molecule has 1 aromatic rings. The monoisotopic (exact) mass is 315 g/mol. The molecule has 1 aliphatic carbocycles. The Labute approximate surface area is 124 Å². The lowest BCUT2D eigenvalue weighted by Crippen LogP contribution is -2.27. The second-order valence-electron chi connectivity index (χ2n) is 4.83. The Hall–Kier alpha value is -1.63. The predicted molar refractivity (Wildman–Crippen MR) is 75.2 cm³/mol. The number of hydrogen-bond donors (Lipinski definition) is 2. The minimum absolute atomic E-state index is 0.00354. The van der Waals surface area contributed by atoms with E-state index in [1.165, 1.54) is 23.9 Å². The predicted octanol–water partition coefficient (Wildman–Crippen LogP) is 2.00. The van der Waals surface area contributed by atoms with Gasteiger partial charge in [0.15, 0.2) is 11.6 Å². The maximum absolute atomic E-state index is 13.6. The van der Waals surface area contributed by atoms with Crippen LogP contribution in [-0.2, 0) is 9.59 Å². The molecular weight excluding hydrogens is 300 g/mol. The number of carbonyl (C=O) groups is 2. The number of nitrogens with one attached hydrogen (secondary N) is 1. The van der Waals surface area contributed by atoms with E-state index in [1.807, 2.05) is 0 Å². The molecule has 2 atom stereocenters. The Balaban J connectivity index is 1.76. The molecule has 0 heterocycles. The van der Waals surface area contributed by atoms with Crippen LogP contribution >= 0.6 is 11.8 Å². The van der Waals surface area contributed by atoms with Crippen LogP contribution in [0, 0.1) is 17.6 Å². The van der Waals surface area contributed by atoms with Gasteiger partial charge in [-0.3, -0.25) is 9.59 Å². The molecule has 1 aliphatic rings. The Morgan fingerprint density at radius 3 is 2.86 bits per heavy atom. The summed E-state index contributed by atoms with van der Waals surface area (Å²) in [6.07, 6.45) is 0.508. The van der Waals surface area contributed by atoms with E-state index < -0.39 is 17.6 Å². The summed E-state index contributed by atoms with van der Waals surface area (Å²) < 4.78 is 26.7. The first-order chi connectivity index (χ1) is 10.0. The Kier molecular flexibility index (Phi) is 5.17. The quantitative estimate of drug-likeness (QED) is 0.755. The second kappa shape index (κ2) is 6.89. The highest BCUT2D eigenvalue weighted by atomic mass is 32.2. The van der Waals surface area contributed by atoms with Crippen molar-refractivity contribution in [2.45, 2.75) is 12.3 Å². The number of amides is 1. The summed E-state index contributed by atoms with van der Waals surface area (Å²) in [6, 6.07) is 3.98. The van der Waals surface area contributed by atoms with Gasteiger partial charge in [0.2, 0.25) is 5.91 Å². The van der Waals surface area contributed by atoms with Crippen LogP contribution in [0.15, 0.2) is 18.2 Å². The lowest BCUT2D eigenvalue weighted by Gasteiger charge is -2.05. The summed E-state index contributed by atoms with van der Waals surface area (Å²) in [6.45, 7) is 0.367. The van der Waals surface area contributed by atoms with Crippen molar-refractivity contribution < 1.29 is 23.5 Å². The van der Waals surface area contributed by atoms with Crippen molar-refractivity contribution in [3.8, 4) is 0 Å². The number of hydrogen-bond acceptors (Lipinski definition) is 3. The number of carboxylic acids is 1. The molecule has 0 radical (unpaired) electrons. The van der Waals surface area contributed by atoms with Gasteiger partial charge in [0.05, 0.1) is 5.75 Å². The van der Waals surface area contributed by atoms with E-state index in [1.54, 1.807) is 0 Å². The molecule has 2 unspecified atom stereocenters. The highest BCUT2D eigenvalue weighted by Crippen LogP contribution is 2.48. The van der Waals surface area contributed by atoms with Crippen molar-refractivity contribution in [2.24, 2.45) is 5.92 Å². The molecule has 1 aromatic carbocycles. The van der Waals surface area contributed by atoms with Crippen molar-refractivity contribution in [2.75, 3.05) is 18.1 Å². The van der Waals surface area contributed by atoms with Crippen molar-refractivity contribution in [1.82, 2.24) is 5.32 Å². The Morgan fingerprint density at radius 2 is 2.14 bits per heavy atom. The lowest BCUT2D eigenvalue weighted by molar-refractivity contribution is -0.133. The van der Waals surface area contributed by atoms with Gasteiger partial charge < -0.3 is 10.4 Å². The van der Waals surface area contributed by atoms with Crippen molar-refractivity contribution in [3.63, 3.8) is 0 Å². The number of thioether (sulfide) groups is 1. The molecule has 1 fully saturated rings. The van der Waals surface area contributed by atoms with Gasteiger partial charge in [-0.2, -0.15) is 0 Å². The summed E-state index contributed by atoms with van der Waals surface area (Å²) in [5, 5.41) is 11.1. The first-order valence-corrected chi connectivity index (χ1v) is 7.67. The van der Waals surface area contributed by atoms with Gasteiger partial charge in [0, 0.05) is 18.2 Å². The van der Waals surface area contributed by atoms with E-state index in [-0.39, 0.29) is 29.1 Å². The SMILES string of the molecule is O=C(O)CSCCNC(=O)C1CC1c1cccc(F)c1F. The molecule has 2 rings (SSSR count). The zero-order chi connectivity index (χ0) is 15.4. The third-order valence-corrected chi connectivity index (χ3v) is 4.22. The van der Waals surface area contributed by atoms with Crippen LogP contribution in [0.3, 0.4) is 0 Å². The van der Waals surface area contributed by atoms with Crippen molar-refractivity contribution in [3.05, 3.63) is 35.4 Å². The number of carbonyl (C=O) groups excluding carboxylic acids is 1. The van der Waals surface area contributed by atoms with Gasteiger partial charge in [-0.25, -0.2) is 8.78 Å². The van der Waals surface area contributed by atoms with Gasteiger partial charge in [-0.1, -0.05) is 12.1 Å². The minimum atomic E-state index is -0.899. The fourth-order valence-electron chi connectivity index (χ4n) is 2.17. The summed E-state index contributed by atoms with van der Waals surface area (Å²) in [5.41, 5.74) is 0.246. The third kappa shape index (κ3) is 4.17. The van der Waals surface area contributed by atoms with Gasteiger partial charge in [-0.05, 0) is 24.0 Å². The van der Waals surface area contributed by atoms with Crippen LogP contribution < -0.4 is 5.32 Å². The van der Waals surface area contributed by atoms with E-state index in [0.29, 0.717) is 18.7 Å². The van der Waals surface area contributed by atoms with Gasteiger partial charge in [0.25, 0.3) is 0 Å². The standard InChI is InChI=1S/C14H15F2NO3S/c15-11-3-1-2-8(13(11)16)9-6-10(9)14(20)17-4-5-21-7-12(18)19/h1-3,9-10H,4-7H2,(H,17,20)(H,18,19). The van der Waals surface area contributed by atoms with Gasteiger partial charge in [0.1, 0.15) is 0 Å². The third-order valence-electron chi connectivity index (χ3n) is 3.28. The maximum atomic E-state index is 13.6. The average molecular weight is 315 g/mol. The van der Waals surface area contributed by atoms with E-state index in [2.05, 4.69) is 5.32 Å². The van der Waals surface area contributed by atoms with E-state index in [0.717, 1.165) is 6.07 Å². The summed E-state index contributed by atoms with van der Waals surface area (Å²) in [7, 11) is 0. The summed E-state index contributed by atoms with van der Waals surface area (Å²) in [5.74, 6) is -2.97. The molecule has 0 aliphatic heterocycles. The van der Waals surface area contributed by atoms with E-state index in [4.69, 9.17) is 5.11 Å². The normalized spacial score (nSPS) is 20.1. The number of rotatable bonds is 7.